The molecule has 0 spiro atoms. The summed E-state index contributed by atoms with van der Waals surface area (Å²) in [7, 11) is 0. The van der Waals surface area contributed by atoms with Crippen LogP contribution in [0.25, 0.3) is 0 Å². The van der Waals surface area contributed by atoms with Gasteiger partial charge < -0.3 is 15.0 Å². The summed E-state index contributed by atoms with van der Waals surface area (Å²) in [5.74, 6) is 0.710. The molecular formula is C26H32N2O3. The van der Waals surface area contributed by atoms with Crippen molar-refractivity contribution in [2.45, 2.75) is 72.1 Å². The maximum Gasteiger partial charge on any atom is 0.264 e. The third-order valence-corrected chi connectivity index (χ3v) is 6.02. The first-order valence-electron chi connectivity index (χ1n) is 11.2. The van der Waals surface area contributed by atoms with Gasteiger partial charge in [-0.3, -0.25) is 9.59 Å². The van der Waals surface area contributed by atoms with Crippen LogP contribution >= 0.6 is 0 Å². The molecule has 2 aliphatic rings. The highest BCUT2D eigenvalue weighted by Gasteiger charge is 2.35. The maximum absolute atomic E-state index is 13.3. The molecule has 1 N–H and O–H groups in total. The lowest BCUT2D eigenvalue weighted by atomic mass is 9.86. The first-order valence-corrected chi connectivity index (χ1v) is 11.2. The molecule has 164 valence electrons. The third kappa shape index (κ3) is 4.76. The molecule has 1 aliphatic carbocycles. The average molecular weight is 421 g/mol. The van der Waals surface area contributed by atoms with Crippen LogP contribution in [0.15, 0.2) is 42.5 Å². The summed E-state index contributed by atoms with van der Waals surface area (Å²) < 4.78 is 6.01. The zero-order valence-electron chi connectivity index (χ0n) is 18.9. The number of nitrogens with zero attached hydrogens (tertiary/aromatic N) is 1. The van der Waals surface area contributed by atoms with Gasteiger partial charge in [0.1, 0.15) is 5.75 Å². The number of amides is 2. The lowest BCUT2D eigenvalue weighted by Crippen LogP contribution is -2.41. The Labute approximate surface area is 184 Å². The number of fused-ring (bicyclic) bond motifs is 2. The Morgan fingerprint density at radius 3 is 2.71 bits per heavy atom. The van der Waals surface area contributed by atoms with Gasteiger partial charge in [-0.2, -0.15) is 0 Å². The molecule has 0 aromatic heterocycles. The number of benzene rings is 2. The lowest BCUT2D eigenvalue weighted by Gasteiger charge is -2.35. The topological polar surface area (TPSA) is 58.6 Å². The summed E-state index contributed by atoms with van der Waals surface area (Å²) in [5.41, 5.74) is 4.16. The Morgan fingerprint density at radius 1 is 1.16 bits per heavy atom. The number of hydrogen-bond acceptors (Lipinski definition) is 3. The standard InChI is InChI=1S/C26H32N2O3/c1-17-25(30)28(22-11-7-9-18-8-5-6-10-21(18)22)16-19-14-20(12-13-23(19)31-17)27-24(29)15-26(2,3)4/h5-6,8,10,12-14,17,22H,7,9,11,15-16H2,1-4H3,(H,27,29)/t17-,22-/m0/s1. The van der Waals surface area contributed by atoms with E-state index in [0.717, 1.165) is 30.5 Å². The number of nitrogens with one attached hydrogen (secondary N) is 1. The second kappa shape index (κ2) is 8.37. The van der Waals surface area contributed by atoms with Crippen LogP contribution in [0, 0.1) is 5.41 Å². The van der Waals surface area contributed by atoms with Crippen molar-refractivity contribution < 1.29 is 14.3 Å². The molecule has 2 aromatic rings. The van der Waals surface area contributed by atoms with Gasteiger partial charge in [-0.25, -0.2) is 0 Å². The number of hydrogen-bond donors (Lipinski definition) is 1. The molecular weight excluding hydrogens is 388 g/mol. The minimum Gasteiger partial charge on any atom is -0.481 e. The average Bonchev–Trinajstić information content (AvgIpc) is 2.82. The number of rotatable bonds is 3. The molecule has 1 aliphatic heterocycles. The Morgan fingerprint density at radius 2 is 1.94 bits per heavy atom. The zero-order valence-corrected chi connectivity index (χ0v) is 18.9. The van der Waals surface area contributed by atoms with E-state index in [-0.39, 0.29) is 23.3 Å². The van der Waals surface area contributed by atoms with Crippen LogP contribution in [0.4, 0.5) is 5.69 Å². The van der Waals surface area contributed by atoms with Crippen molar-refractivity contribution in [1.82, 2.24) is 4.90 Å². The van der Waals surface area contributed by atoms with Crippen LogP contribution in [0.2, 0.25) is 0 Å². The second-order valence-electron chi connectivity index (χ2n) is 9.94. The maximum atomic E-state index is 13.3. The van der Waals surface area contributed by atoms with Crippen LogP contribution in [-0.2, 0) is 22.6 Å². The van der Waals surface area contributed by atoms with E-state index in [0.29, 0.717) is 18.7 Å². The van der Waals surface area contributed by atoms with Crippen molar-refractivity contribution in [2.24, 2.45) is 5.41 Å². The summed E-state index contributed by atoms with van der Waals surface area (Å²) in [6.45, 7) is 8.43. The first kappa shape index (κ1) is 21.4. The quantitative estimate of drug-likeness (QED) is 0.738. The summed E-state index contributed by atoms with van der Waals surface area (Å²) in [6.07, 6.45) is 2.97. The van der Waals surface area contributed by atoms with E-state index >= 15 is 0 Å². The molecule has 0 bridgehead atoms. The Kier molecular flexibility index (Phi) is 5.78. The number of carbonyl (C=O) groups excluding carboxylic acids is 2. The van der Waals surface area contributed by atoms with E-state index in [4.69, 9.17) is 4.74 Å². The minimum atomic E-state index is -0.545. The monoisotopic (exact) mass is 420 g/mol. The van der Waals surface area contributed by atoms with E-state index in [1.54, 1.807) is 0 Å². The molecule has 0 fully saturated rings. The fourth-order valence-corrected chi connectivity index (χ4v) is 4.63. The number of anilines is 1. The van der Waals surface area contributed by atoms with Crippen LogP contribution in [0.3, 0.4) is 0 Å². The van der Waals surface area contributed by atoms with Crippen molar-refractivity contribution in [3.63, 3.8) is 0 Å². The molecule has 1 heterocycles. The predicted octanol–water partition coefficient (Wildman–Crippen LogP) is 5.25. The Balaban J connectivity index is 1.62. The van der Waals surface area contributed by atoms with Gasteiger partial charge in [0.2, 0.25) is 5.91 Å². The highest BCUT2D eigenvalue weighted by atomic mass is 16.5. The molecule has 0 saturated heterocycles. The second-order valence-corrected chi connectivity index (χ2v) is 9.94. The number of carbonyl (C=O) groups is 2. The van der Waals surface area contributed by atoms with Crippen molar-refractivity contribution >= 4 is 17.5 Å². The molecule has 4 rings (SSSR count). The van der Waals surface area contributed by atoms with Crippen LogP contribution in [0.5, 0.6) is 5.75 Å². The summed E-state index contributed by atoms with van der Waals surface area (Å²) in [5, 5.41) is 3.00. The highest BCUT2D eigenvalue weighted by Crippen LogP contribution is 2.38. The molecule has 2 atom stereocenters. The number of aryl methyl sites for hydroxylation is 1. The van der Waals surface area contributed by atoms with Gasteiger partial charge in [-0.15, -0.1) is 0 Å². The van der Waals surface area contributed by atoms with E-state index in [9.17, 15) is 9.59 Å². The molecule has 0 unspecified atom stereocenters. The minimum absolute atomic E-state index is 0.00972. The third-order valence-electron chi connectivity index (χ3n) is 6.02. The predicted molar refractivity (Wildman–Crippen MR) is 122 cm³/mol. The summed E-state index contributed by atoms with van der Waals surface area (Å²) in [6, 6.07) is 14.1. The fourth-order valence-electron chi connectivity index (χ4n) is 4.63. The smallest absolute Gasteiger partial charge is 0.264 e. The Bertz CT molecular complexity index is 992. The first-order chi connectivity index (χ1) is 14.7. The van der Waals surface area contributed by atoms with E-state index in [2.05, 4.69) is 29.6 Å². The van der Waals surface area contributed by atoms with Crippen LogP contribution in [-0.4, -0.2) is 22.8 Å². The van der Waals surface area contributed by atoms with Gasteiger partial charge >= 0.3 is 0 Å². The molecule has 5 nitrogen and oxygen atoms in total. The van der Waals surface area contributed by atoms with Gasteiger partial charge in [-0.1, -0.05) is 45.0 Å². The van der Waals surface area contributed by atoms with E-state index < -0.39 is 6.10 Å². The Hall–Kier alpha value is -2.82. The van der Waals surface area contributed by atoms with Gasteiger partial charge in [0.15, 0.2) is 6.10 Å². The van der Waals surface area contributed by atoms with Crippen LogP contribution < -0.4 is 10.1 Å². The van der Waals surface area contributed by atoms with Gasteiger partial charge in [0.25, 0.3) is 5.91 Å². The van der Waals surface area contributed by atoms with Gasteiger partial charge in [0.05, 0.1) is 12.6 Å². The van der Waals surface area contributed by atoms with Crippen LogP contribution in [0.1, 0.15) is 69.7 Å². The molecule has 0 saturated carbocycles. The van der Waals surface area contributed by atoms with Crippen molar-refractivity contribution in [3.8, 4) is 5.75 Å². The van der Waals surface area contributed by atoms with Crippen molar-refractivity contribution in [2.75, 3.05) is 5.32 Å². The SMILES string of the molecule is C[C@@H]1Oc2ccc(NC(=O)CC(C)(C)C)cc2CN([C@H]2CCCc3ccccc32)C1=O. The largest absolute Gasteiger partial charge is 0.481 e. The number of ether oxygens (including phenoxy) is 1. The van der Waals surface area contributed by atoms with E-state index in [1.165, 1.54) is 11.1 Å². The van der Waals surface area contributed by atoms with E-state index in [1.807, 2.05) is 50.8 Å². The molecule has 2 amide bonds. The highest BCUT2D eigenvalue weighted by molar-refractivity contribution is 5.91. The van der Waals surface area contributed by atoms with Crippen molar-refractivity contribution in [3.05, 3.63) is 59.2 Å². The van der Waals surface area contributed by atoms with Crippen molar-refractivity contribution in [1.29, 1.82) is 0 Å². The lowest BCUT2D eigenvalue weighted by molar-refractivity contribution is -0.140. The molecule has 2 aromatic carbocycles. The molecule has 31 heavy (non-hydrogen) atoms. The van der Waals surface area contributed by atoms with Gasteiger partial charge in [-0.05, 0) is 60.9 Å². The fraction of sp³-hybridized carbons (Fsp3) is 0.462. The zero-order chi connectivity index (χ0) is 22.2. The summed E-state index contributed by atoms with van der Waals surface area (Å²) >= 11 is 0. The normalized spacial score (nSPS) is 20.9. The molecule has 5 heteroatoms. The molecule has 0 radical (unpaired) electrons. The van der Waals surface area contributed by atoms with Gasteiger partial charge in [0, 0.05) is 17.7 Å². The summed E-state index contributed by atoms with van der Waals surface area (Å²) in [4.78, 5) is 27.7.